The van der Waals surface area contributed by atoms with Crippen molar-refractivity contribution in [3.8, 4) is 22.3 Å². The van der Waals surface area contributed by atoms with Crippen LogP contribution >= 0.6 is 0 Å². The summed E-state index contributed by atoms with van der Waals surface area (Å²) in [5, 5.41) is 2.18. The van der Waals surface area contributed by atoms with E-state index < -0.39 is 0 Å². The number of hydrogen-bond acceptors (Lipinski definition) is 8. The van der Waals surface area contributed by atoms with Crippen LogP contribution in [0.5, 0.6) is 0 Å². The van der Waals surface area contributed by atoms with Gasteiger partial charge in [0.25, 0.3) is 0 Å². The van der Waals surface area contributed by atoms with Gasteiger partial charge in [-0.1, -0.05) is 73.2 Å². The van der Waals surface area contributed by atoms with Crippen LogP contribution in [-0.2, 0) is 33.2 Å². The Balaban J connectivity index is 0.962. The molecule has 1 aliphatic rings. The summed E-state index contributed by atoms with van der Waals surface area (Å²) < 4.78 is 33.0. The number of nitrogens with zero attached hydrogens (tertiary/aromatic N) is 1. The van der Waals surface area contributed by atoms with Crippen LogP contribution in [0.15, 0.2) is 78.9 Å². The monoisotopic (exact) mass is 753 g/mol. The lowest BCUT2D eigenvalue weighted by Crippen LogP contribution is -2.38. The first-order valence-corrected chi connectivity index (χ1v) is 19.9. The number of benzene rings is 4. The van der Waals surface area contributed by atoms with E-state index in [9.17, 15) is 9.59 Å². The van der Waals surface area contributed by atoms with Crippen molar-refractivity contribution in [1.29, 1.82) is 0 Å². The maximum Gasteiger partial charge on any atom is 0.224 e. The Labute approximate surface area is 327 Å². The largest absolute Gasteiger partial charge is 0.379 e. The number of Topliss-reactive ketones (excluding diaryl/α,β-unsaturated/α-hetero) is 1. The Morgan fingerprint density at radius 1 is 0.600 bits per heavy atom. The van der Waals surface area contributed by atoms with Gasteiger partial charge in [-0.2, -0.15) is 0 Å². The van der Waals surface area contributed by atoms with Crippen molar-refractivity contribution in [3.63, 3.8) is 0 Å². The zero-order chi connectivity index (χ0) is 38.7. The van der Waals surface area contributed by atoms with E-state index in [-0.39, 0.29) is 11.7 Å². The molecule has 1 fully saturated rings. The van der Waals surface area contributed by atoms with Gasteiger partial charge in [0.1, 0.15) is 0 Å². The fourth-order valence-corrected chi connectivity index (χ4v) is 6.80. The summed E-state index contributed by atoms with van der Waals surface area (Å²) in [6.07, 6.45) is 3.26. The second-order valence-electron chi connectivity index (χ2n) is 14.1. The normalized spacial score (nSPS) is 13.5. The van der Waals surface area contributed by atoms with E-state index in [0.717, 1.165) is 72.0 Å². The first-order chi connectivity index (χ1) is 26.9. The number of piperidine rings is 1. The molecule has 5 rings (SSSR count). The molecular formula is C46H59NO8. The van der Waals surface area contributed by atoms with Crippen LogP contribution in [-0.4, -0.2) is 109 Å². The van der Waals surface area contributed by atoms with E-state index in [2.05, 4.69) is 80.6 Å². The van der Waals surface area contributed by atoms with Crippen molar-refractivity contribution in [3.05, 3.63) is 95.6 Å². The minimum Gasteiger partial charge on any atom is -0.379 e. The summed E-state index contributed by atoms with van der Waals surface area (Å²) in [4.78, 5) is 27.4. The molecule has 0 radical (unpaired) electrons. The predicted octanol–water partition coefficient (Wildman–Crippen LogP) is 8.29. The summed E-state index contributed by atoms with van der Waals surface area (Å²) in [6.45, 7) is 13.7. The lowest BCUT2D eigenvalue weighted by atomic mass is 9.87. The van der Waals surface area contributed by atoms with Gasteiger partial charge >= 0.3 is 0 Å². The fourth-order valence-electron chi connectivity index (χ4n) is 6.80. The second kappa shape index (κ2) is 23.2. The Kier molecular flexibility index (Phi) is 17.8. The molecule has 55 heavy (non-hydrogen) atoms. The van der Waals surface area contributed by atoms with Crippen LogP contribution in [0.25, 0.3) is 33.0 Å². The molecule has 0 spiro atoms. The van der Waals surface area contributed by atoms with Gasteiger partial charge in [0.05, 0.1) is 79.1 Å². The Morgan fingerprint density at radius 3 is 1.65 bits per heavy atom. The minimum atomic E-state index is 0.0554. The number of ketones is 1. The molecule has 9 heteroatoms. The van der Waals surface area contributed by atoms with Crippen LogP contribution < -0.4 is 0 Å². The number of aryl methyl sites for hydroxylation is 1. The molecule has 4 aromatic carbocycles. The number of fused-ring (bicyclic) bond motifs is 1. The van der Waals surface area contributed by atoms with E-state index in [1.165, 1.54) is 11.1 Å². The van der Waals surface area contributed by atoms with E-state index >= 15 is 0 Å². The maximum atomic E-state index is 12.9. The first kappa shape index (κ1) is 42.2. The number of amides is 1. The summed E-state index contributed by atoms with van der Waals surface area (Å²) in [5.74, 6) is 0.598. The molecule has 0 unspecified atom stereocenters. The van der Waals surface area contributed by atoms with E-state index in [1.54, 1.807) is 6.92 Å². The Bertz CT molecular complexity index is 1750. The number of carbonyl (C=O) groups excluding carboxylic acids is 2. The zero-order valence-electron chi connectivity index (χ0n) is 33.0. The average molecular weight is 754 g/mol. The van der Waals surface area contributed by atoms with Crippen molar-refractivity contribution in [2.45, 2.75) is 52.4 Å². The molecular weight excluding hydrogens is 695 g/mol. The molecule has 9 nitrogen and oxygen atoms in total. The van der Waals surface area contributed by atoms with Crippen LogP contribution in [0.2, 0.25) is 0 Å². The smallest absolute Gasteiger partial charge is 0.224 e. The maximum absolute atomic E-state index is 12.9. The minimum absolute atomic E-state index is 0.0554. The SMILES string of the molecule is CCCOCCOCCOCCOCCOCCOCCC(=O)N1CCC(c2ccc(-c3cc(C(C)=O)cc4cc(-c5ccc(C)cc5)ccc34)cc2)CC1. The third kappa shape index (κ3) is 13.6. The third-order valence-corrected chi connectivity index (χ3v) is 9.95. The highest BCUT2D eigenvalue weighted by atomic mass is 16.6. The van der Waals surface area contributed by atoms with Crippen molar-refractivity contribution in [2.24, 2.45) is 0 Å². The van der Waals surface area contributed by atoms with E-state index in [0.29, 0.717) is 90.6 Å². The number of hydrogen-bond donors (Lipinski definition) is 0. The standard InChI is InChI=1S/C46H59NO8/c1-4-20-50-22-24-52-26-28-54-30-31-55-29-27-53-25-23-51-21-17-46(49)47-18-15-39(16-19-47)37-9-11-40(12-10-37)45-34-42(36(3)48)33-43-32-41(13-14-44(43)45)38-7-5-35(2)6-8-38/h5-14,32-34,39H,4,15-31H2,1-3H3. The number of rotatable bonds is 24. The third-order valence-electron chi connectivity index (χ3n) is 9.95. The second-order valence-corrected chi connectivity index (χ2v) is 14.1. The molecule has 1 heterocycles. The van der Waals surface area contributed by atoms with Gasteiger partial charge < -0.3 is 33.3 Å². The highest BCUT2D eigenvalue weighted by Crippen LogP contribution is 2.35. The summed E-state index contributed by atoms with van der Waals surface area (Å²) in [5.41, 5.74) is 7.68. The molecule has 0 aliphatic carbocycles. The van der Waals surface area contributed by atoms with Gasteiger partial charge in [-0.05, 0) is 95.8 Å². The van der Waals surface area contributed by atoms with Crippen LogP contribution in [0.3, 0.4) is 0 Å². The molecule has 0 atom stereocenters. The fraction of sp³-hybridized carbons (Fsp3) is 0.478. The van der Waals surface area contributed by atoms with E-state index in [1.807, 2.05) is 17.0 Å². The van der Waals surface area contributed by atoms with Crippen molar-refractivity contribution >= 4 is 22.5 Å². The Hall–Kier alpha value is -3.96. The molecule has 0 aromatic heterocycles. The molecule has 296 valence electrons. The average Bonchev–Trinajstić information content (AvgIpc) is 3.21. The first-order valence-electron chi connectivity index (χ1n) is 19.9. The quantitative estimate of drug-likeness (QED) is 0.0522. The van der Waals surface area contributed by atoms with Crippen LogP contribution in [0.1, 0.15) is 66.9 Å². The molecule has 0 saturated carbocycles. The summed E-state index contributed by atoms with van der Waals surface area (Å²) >= 11 is 0. The van der Waals surface area contributed by atoms with Gasteiger partial charge in [0.2, 0.25) is 5.91 Å². The molecule has 1 amide bonds. The number of ether oxygens (including phenoxy) is 6. The predicted molar refractivity (Wildman–Crippen MR) is 218 cm³/mol. The highest BCUT2D eigenvalue weighted by molar-refractivity contribution is 6.05. The topological polar surface area (TPSA) is 92.8 Å². The van der Waals surface area contributed by atoms with Crippen molar-refractivity contribution < 1.29 is 38.0 Å². The highest BCUT2D eigenvalue weighted by Gasteiger charge is 2.24. The van der Waals surface area contributed by atoms with Gasteiger partial charge in [0.15, 0.2) is 5.78 Å². The summed E-state index contributed by atoms with van der Waals surface area (Å²) in [6, 6.07) is 27.9. The molecule has 0 bridgehead atoms. The lowest BCUT2D eigenvalue weighted by Gasteiger charge is -2.32. The molecule has 1 saturated heterocycles. The van der Waals surface area contributed by atoms with E-state index in [4.69, 9.17) is 28.4 Å². The van der Waals surface area contributed by atoms with Gasteiger partial charge in [-0.3, -0.25) is 9.59 Å². The number of likely N-dealkylation sites (tertiary alicyclic amines) is 1. The Morgan fingerprint density at radius 2 is 1.11 bits per heavy atom. The van der Waals surface area contributed by atoms with Gasteiger partial charge in [-0.15, -0.1) is 0 Å². The van der Waals surface area contributed by atoms with Crippen molar-refractivity contribution in [1.82, 2.24) is 4.90 Å². The van der Waals surface area contributed by atoms with Crippen molar-refractivity contribution in [2.75, 3.05) is 92.4 Å². The molecule has 1 aliphatic heterocycles. The van der Waals surface area contributed by atoms with Gasteiger partial charge in [0, 0.05) is 25.3 Å². The number of carbonyl (C=O) groups is 2. The van der Waals surface area contributed by atoms with Crippen LogP contribution in [0, 0.1) is 6.92 Å². The lowest BCUT2D eigenvalue weighted by molar-refractivity contribution is -0.133. The van der Waals surface area contributed by atoms with Crippen LogP contribution in [0.4, 0.5) is 0 Å². The zero-order valence-corrected chi connectivity index (χ0v) is 33.0. The molecule has 0 N–H and O–H groups in total. The van der Waals surface area contributed by atoms with Gasteiger partial charge in [-0.25, -0.2) is 0 Å². The summed E-state index contributed by atoms with van der Waals surface area (Å²) in [7, 11) is 0. The molecule has 4 aromatic rings.